The molecule has 0 spiro atoms. The number of aromatic nitrogens is 1. The fourth-order valence-corrected chi connectivity index (χ4v) is 2.85. The summed E-state index contributed by atoms with van der Waals surface area (Å²) in [5, 5.41) is 9.28. The fraction of sp³-hybridized carbons (Fsp3) is 0.435. The highest BCUT2D eigenvalue weighted by Crippen LogP contribution is 2.23. The first kappa shape index (κ1) is 21.1. The Hall–Kier alpha value is -2.20. The lowest BCUT2D eigenvalue weighted by Gasteiger charge is -2.12. The molecule has 0 saturated carbocycles. The molecule has 1 aromatic heterocycles. The van der Waals surface area contributed by atoms with Gasteiger partial charge in [-0.05, 0) is 62.4 Å². The maximum absolute atomic E-state index is 14.3. The van der Waals surface area contributed by atoms with Gasteiger partial charge in [-0.15, -0.1) is 0 Å². The van der Waals surface area contributed by atoms with Crippen molar-refractivity contribution < 1.29 is 14.2 Å². The number of ether oxygens (including phenoxy) is 1. The predicted octanol–water partition coefficient (Wildman–Crippen LogP) is 6.37. The van der Waals surface area contributed by atoms with E-state index in [0.29, 0.717) is 17.4 Å². The molecule has 0 bridgehead atoms. The van der Waals surface area contributed by atoms with E-state index in [1.807, 2.05) is 12.1 Å². The molecule has 4 heteroatoms. The van der Waals surface area contributed by atoms with Crippen LogP contribution in [0, 0.1) is 5.82 Å². The van der Waals surface area contributed by atoms with E-state index < -0.39 is 0 Å². The molecule has 1 unspecified atom stereocenters. The minimum absolute atomic E-state index is 0.0689. The van der Waals surface area contributed by atoms with Gasteiger partial charge in [-0.2, -0.15) is 0 Å². The molecule has 2 aromatic rings. The third kappa shape index (κ3) is 7.51. The van der Waals surface area contributed by atoms with E-state index in [0.717, 1.165) is 37.9 Å². The topological polar surface area (TPSA) is 42.4 Å². The molecule has 27 heavy (non-hydrogen) atoms. The van der Waals surface area contributed by atoms with Gasteiger partial charge in [0.05, 0.1) is 18.0 Å². The number of aromatic hydroxyl groups is 1. The summed E-state index contributed by atoms with van der Waals surface area (Å²) in [7, 11) is 0. The Labute approximate surface area is 161 Å². The van der Waals surface area contributed by atoms with E-state index in [9.17, 15) is 9.50 Å². The first-order chi connectivity index (χ1) is 13.1. The van der Waals surface area contributed by atoms with E-state index in [1.54, 1.807) is 12.1 Å². The van der Waals surface area contributed by atoms with Crippen LogP contribution in [0.15, 0.2) is 42.6 Å². The first-order valence-electron chi connectivity index (χ1n) is 9.83. The molecule has 0 radical (unpaired) electrons. The molecule has 0 amide bonds. The number of halogens is 1. The van der Waals surface area contributed by atoms with Crippen LogP contribution < -0.4 is 0 Å². The van der Waals surface area contributed by atoms with Crippen molar-refractivity contribution in [3.63, 3.8) is 0 Å². The molecule has 1 N–H and O–H groups in total. The van der Waals surface area contributed by atoms with Gasteiger partial charge < -0.3 is 9.84 Å². The van der Waals surface area contributed by atoms with E-state index >= 15 is 0 Å². The summed E-state index contributed by atoms with van der Waals surface area (Å²) >= 11 is 0. The molecule has 0 aliphatic heterocycles. The number of benzene rings is 1. The van der Waals surface area contributed by atoms with Crippen molar-refractivity contribution in [1.29, 1.82) is 0 Å². The average molecular weight is 371 g/mol. The first-order valence-corrected chi connectivity index (χ1v) is 9.83. The molecule has 0 aliphatic rings. The van der Waals surface area contributed by atoms with Crippen LogP contribution in [0.25, 0.3) is 17.3 Å². The Kier molecular flexibility index (Phi) is 8.99. The third-order valence-corrected chi connectivity index (χ3v) is 4.46. The second-order valence-electron chi connectivity index (χ2n) is 6.86. The second-order valence-corrected chi connectivity index (χ2v) is 6.86. The average Bonchev–Trinajstić information content (AvgIpc) is 2.66. The highest BCUT2D eigenvalue weighted by atomic mass is 19.1. The summed E-state index contributed by atoms with van der Waals surface area (Å²) in [6, 6.07) is 8.22. The highest BCUT2D eigenvalue weighted by Gasteiger charge is 2.07. The largest absolute Gasteiger partial charge is 0.506 e. The standard InChI is InChI=1S/C23H30FNO2/c1-3-4-8-15-27-18(2)9-6-5-7-10-19-11-13-21(22(24)16-19)23-14-12-20(26)17-25-23/h7,10-14,16-18,26H,3-6,8-9,15H2,1-2H3. The lowest BCUT2D eigenvalue weighted by molar-refractivity contribution is 0.0566. The van der Waals surface area contributed by atoms with E-state index in [4.69, 9.17) is 4.74 Å². The van der Waals surface area contributed by atoms with Crippen LogP contribution in [-0.4, -0.2) is 22.8 Å². The summed E-state index contributed by atoms with van der Waals surface area (Å²) in [5.74, 6) is -0.246. The molecule has 1 aromatic carbocycles. The van der Waals surface area contributed by atoms with Crippen LogP contribution in [0.5, 0.6) is 5.75 Å². The summed E-state index contributed by atoms with van der Waals surface area (Å²) < 4.78 is 20.1. The second kappa shape index (κ2) is 11.5. The van der Waals surface area contributed by atoms with Crippen molar-refractivity contribution in [1.82, 2.24) is 4.98 Å². The van der Waals surface area contributed by atoms with Gasteiger partial charge in [0, 0.05) is 12.2 Å². The number of pyridine rings is 1. The molecule has 3 nitrogen and oxygen atoms in total. The van der Waals surface area contributed by atoms with Crippen LogP contribution in [0.2, 0.25) is 0 Å². The Bertz CT molecular complexity index is 713. The molecule has 2 rings (SSSR count). The Morgan fingerprint density at radius 3 is 2.74 bits per heavy atom. The summed E-state index contributed by atoms with van der Waals surface area (Å²) in [6.07, 6.45) is 12.3. The molecular weight excluding hydrogens is 341 g/mol. The lowest BCUT2D eigenvalue weighted by atomic mass is 10.1. The van der Waals surface area contributed by atoms with Crippen molar-refractivity contribution >= 4 is 6.08 Å². The monoisotopic (exact) mass is 371 g/mol. The van der Waals surface area contributed by atoms with Crippen molar-refractivity contribution in [2.75, 3.05) is 6.61 Å². The Morgan fingerprint density at radius 2 is 2.04 bits per heavy atom. The molecule has 0 aliphatic carbocycles. The van der Waals surface area contributed by atoms with Gasteiger partial charge in [0.15, 0.2) is 0 Å². The van der Waals surface area contributed by atoms with E-state index in [2.05, 4.69) is 24.9 Å². The minimum Gasteiger partial charge on any atom is -0.506 e. The maximum Gasteiger partial charge on any atom is 0.133 e. The van der Waals surface area contributed by atoms with E-state index in [-0.39, 0.29) is 11.6 Å². The Balaban J connectivity index is 1.77. The Morgan fingerprint density at radius 1 is 1.19 bits per heavy atom. The third-order valence-electron chi connectivity index (χ3n) is 4.46. The van der Waals surface area contributed by atoms with Gasteiger partial charge in [-0.3, -0.25) is 4.98 Å². The highest BCUT2D eigenvalue weighted by molar-refractivity contribution is 5.63. The van der Waals surface area contributed by atoms with Gasteiger partial charge in [0.25, 0.3) is 0 Å². The van der Waals surface area contributed by atoms with Gasteiger partial charge in [0.1, 0.15) is 11.6 Å². The zero-order chi connectivity index (χ0) is 19.5. The molecule has 146 valence electrons. The molecular formula is C23H30FNO2. The SMILES string of the molecule is CCCCCOC(C)CCCC=Cc1ccc(-c2ccc(O)cn2)c(F)c1. The van der Waals surface area contributed by atoms with E-state index in [1.165, 1.54) is 31.2 Å². The quantitative estimate of drug-likeness (QED) is 0.467. The van der Waals surface area contributed by atoms with Crippen molar-refractivity contribution in [2.45, 2.75) is 58.5 Å². The van der Waals surface area contributed by atoms with Crippen molar-refractivity contribution in [2.24, 2.45) is 0 Å². The lowest BCUT2D eigenvalue weighted by Crippen LogP contribution is -2.08. The number of rotatable bonds is 11. The zero-order valence-corrected chi connectivity index (χ0v) is 16.3. The summed E-state index contributed by atoms with van der Waals surface area (Å²) in [5.41, 5.74) is 1.77. The molecule has 1 heterocycles. The normalized spacial score (nSPS) is 12.6. The molecule has 1 atom stereocenters. The van der Waals surface area contributed by atoms with Crippen LogP contribution in [-0.2, 0) is 4.74 Å². The van der Waals surface area contributed by atoms with Crippen molar-refractivity contribution in [3.05, 3.63) is 54.0 Å². The number of allylic oxidation sites excluding steroid dienone is 1. The van der Waals surface area contributed by atoms with Gasteiger partial charge >= 0.3 is 0 Å². The van der Waals surface area contributed by atoms with Gasteiger partial charge in [-0.25, -0.2) is 4.39 Å². The molecule has 0 fully saturated rings. The number of hydrogen-bond acceptors (Lipinski definition) is 3. The van der Waals surface area contributed by atoms with Crippen LogP contribution in [0.3, 0.4) is 0 Å². The summed E-state index contributed by atoms with van der Waals surface area (Å²) in [4.78, 5) is 4.05. The summed E-state index contributed by atoms with van der Waals surface area (Å²) in [6.45, 7) is 5.17. The van der Waals surface area contributed by atoms with Crippen LogP contribution >= 0.6 is 0 Å². The number of unbranched alkanes of at least 4 members (excludes halogenated alkanes) is 3. The van der Waals surface area contributed by atoms with Gasteiger partial charge in [-0.1, -0.05) is 38.0 Å². The van der Waals surface area contributed by atoms with Crippen LogP contribution in [0.4, 0.5) is 4.39 Å². The van der Waals surface area contributed by atoms with Gasteiger partial charge in [0.2, 0.25) is 0 Å². The maximum atomic E-state index is 14.3. The van der Waals surface area contributed by atoms with Crippen molar-refractivity contribution in [3.8, 4) is 17.0 Å². The molecule has 0 saturated heterocycles. The predicted molar refractivity (Wildman–Crippen MR) is 109 cm³/mol. The van der Waals surface area contributed by atoms with Crippen LogP contribution in [0.1, 0.15) is 57.9 Å². The number of nitrogens with zero attached hydrogens (tertiary/aromatic N) is 1. The number of hydrogen-bond donors (Lipinski definition) is 1. The zero-order valence-electron chi connectivity index (χ0n) is 16.3. The fourth-order valence-electron chi connectivity index (χ4n) is 2.85. The minimum atomic E-state index is -0.315. The smallest absolute Gasteiger partial charge is 0.133 e.